The highest BCUT2D eigenvalue weighted by Crippen LogP contribution is 2.15. The van der Waals surface area contributed by atoms with E-state index in [1.165, 1.54) is 5.57 Å². The predicted molar refractivity (Wildman–Crippen MR) is 87.4 cm³/mol. The van der Waals surface area contributed by atoms with Crippen LogP contribution in [0.1, 0.15) is 54.4 Å². The Kier molecular flexibility index (Phi) is 6.72. The van der Waals surface area contributed by atoms with Crippen molar-refractivity contribution in [1.82, 2.24) is 10.2 Å². The zero-order valence-electron chi connectivity index (χ0n) is 14.5. The number of hydrogen-bond donors (Lipinski definition) is 1. The van der Waals surface area contributed by atoms with Crippen LogP contribution in [0.5, 0.6) is 0 Å². The SMILES string of the molecule is CCC(NCC1=CCN(C(=O)OC(C)(C)C)CC1)C(C)C. The van der Waals surface area contributed by atoms with Crippen LogP contribution in [0.4, 0.5) is 4.79 Å². The maximum Gasteiger partial charge on any atom is 0.410 e. The molecule has 1 N–H and O–H groups in total. The zero-order chi connectivity index (χ0) is 16.0. The van der Waals surface area contributed by atoms with Crippen LogP contribution in [0.3, 0.4) is 0 Å². The molecule has 1 aliphatic heterocycles. The van der Waals surface area contributed by atoms with Gasteiger partial charge in [0, 0.05) is 25.7 Å². The number of nitrogens with one attached hydrogen (secondary N) is 1. The molecule has 0 aliphatic carbocycles. The summed E-state index contributed by atoms with van der Waals surface area (Å²) in [7, 11) is 0. The van der Waals surface area contributed by atoms with Crippen molar-refractivity contribution < 1.29 is 9.53 Å². The van der Waals surface area contributed by atoms with Gasteiger partial charge in [-0.1, -0.05) is 32.4 Å². The van der Waals surface area contributed by atoms with Crippen LogP contribution >= 0.6 is 0 Å². The van der Waals surface area contributed by atoms with E-state index in [9.17, 15) is 4.79 Å². The molecule has 4 nitrogen and oxygen atoms in total. The van der Waals surface area contributed by atoms with Gasteiger partial charge >= 0.3 is 6.09 Å². The molecule has 4 heteroatoms. The minimum atomic E-state index is -0.422. The minimum Gasteiger partial charge on any atom is -0.444 e. The lowest BCUT2D eigenvalue weighted by Gasteiger charge is -2.30. The third-order valence-corrected chi connectivity index (χ3v) is 3.79. The third kappa shape index (κ3) is 6.51. The summed E-state index contributed by atoms with van der Waals surface area (Å²) in [6.45, 7) is 14.8. The summed E-state index contributed by atoms with van der Waals surface area (Å²) >= 11 is 0. The number of carbonyl (C=O) groups excluding carboxylic acids is 1. The van der Waals surface area contributed by atoms with E-state index in [4.69, 9.17) is 4.74 Å². The van der Waals surface area contributed by atoms with E-state index in [1.54, 1.807) is 4.90 Å². The molecule has 122 valence electrons. The van der Waals surface area contributed by atoms with Crippen LogP contribution in [0.15, 0.2) is 11.6 Å². The minimum absolute atomic E-state index is 0.209. The number of amides is 1. The van der Waals surface area contributed by atoms with Gasteiger partial charge in [-0.15, -0.1) is 0 Å². The summed E-state index contributed by atoms with van der Waals surface area (Å²) < 4.78 is 5.40. The van der Waals surface area contributed by atoms with Gasteiger partial charge in [-0.3, -0.25) is 0 Å². The van der Waals surface area contributed by atoms with E-state index >= 15 is 0 Å². The largest absolute Gasteiger partial charge is 0.444 e. The topological polar surface area (TPSA) is 41.6 Å². The van der Waals surface area contributed by atoms with Gasteiger partial charge in [0.05, 0.1) is 0 Å². The molecule has 1 amide bonds. The molecule has 0 saturated carbocycles. The molecule has 1 rings (SSSR count). The third-order valence-electron chi connectivity index (χ3n) is 3.79. The van der Waals surface area contributed by atoms with Crippen LogP contribution in [-0.4, -0.2) is 42.3 Å². The van der Waals surface area contributed by atoms with Crippen molar-refractivity contribution in [1.29, 1.82) is 0 Å². The van der Waals surface area contributed by atoms with Gasteiger partial charge in [0.1, 0.15) is 5.60 Å². The van der Waals surface area contributed by atoms with E-state index in [0.717, 1.165) is 25.9 Å². The second kappa shape index (κ2) is 7.83. The van der Waals surface area contributed by atoms with Crippen LogP contribution in [0, 0.1) is 5.92 Å². The maximum absolute atomic E-state index is 12.0. The molecule has 0 spiro atoms. The number of carbonyl (C=O) groups is 1. The lowest BCUT2D eigenvalue weighted by atomic mass is 10.0. The summed E-state index contributed by atoms with van der Waals surface area (Å²) in [4.78, 5) is 13.8. The molecule has 0 aromatic carbocycles. The lowest BCUT2D eigenvalue weighted by Crippen LogP contribution is -2.41. The highest BCUT2D eigenvalue weighted by molar-refractivity contribution is 5.68. The van der Waals surface area contributed by atoms with Crippen molar-refractivity contribution in [2.45, 2.75) is 66.0 Å². The monoisotopic (exact) mass is 296 g/mol. The number of nitrogens with zero attached hydrogens (tertiary/aromatic N) is 1. The Balaban J connectivity index is 2.42. The molecule has 0 saturated heterocycles. The fraction of sp³-hybridized carbons (Fsp3) is 0.824. The molecule has 1 atom stereocenters. The van der Waals surface area contributed by atoms with E-state index in [2.05, 4.69) is 32.2 Å². The molecular formula is C17H32N2O2. The second-order valence-electron chi connectivity index (χ2n) is 7.18. The fourth-order valence-electron chi connectivity index (χ4n) is 2.48. The maximum atomic E-state index is 12.0. The first kappa shape index (κ1) is 18.0. The molecule has 0 bridgehead atoms. The normalized spacial score (nSPS) is 17.7. The lowest BCUT2D eigenvalue weighted by molar-refractivity contribution is 0.0265. The van der Waals surface area contributed by atoms with Gasteiger partial charge in [0.2, 0.25) is 0 Å². The quantitative estimate of drug-likeness (QED) is 0.788. The Morgan fingerprint density at radius 3 is 2.52 bits per heavy atom. The van der Waals surface area contributed by atoms with Gasteiger partial charge in [0.15, 0.2) is 0 Å². The standard InChI is InChI=1S/C17H32N2O2/c1-7-15(13(2)3)18-12-14-8-10-19(11-9-14)16(20)21-17(4,5)6/h8,13,15,18H,7,9-12H2,1-6H3. The van der Waals surface area contributed by atoms with Crippen molar-refractivity contribution in [2.75, 3.05) is 19.6 Å². The summed E-state index contributed by atoms with van der Waals surface area (Å²) in [6.07, 6.45) is 4.03. The Hall–Kier alpha value is -1.03. The zero-order valence-corrected chi connectivity index (χ0v) is 14.5. The van der Waals surface area contributed by atoms with Crippen LogP contribution in [-0.2, 0) is 4.74 Å². The van der Waals surface area contributed by atoms with Crippen LogP contribution < -0.4 is 5.32 Å². The van der Waals surface area contributed by atoms with E-state index < -0.39 is 5.60 Å². The van der Waals surface area contributed by atoms with Crippen molar-refractivity contribution in [3.05, 3.63) is 11.6 Å². The highest BCUT2D eigenvalue weighted by atomic mass is 16.6. The molecule has 1 aliphatic rings. The second-order valence-corrected chi connectivity index (χ2v) is 7.18. The molecule has 1 heterocycles. The van der Waals surface area contributed by atoms with Gasteiger partial charge in [-0.25, -0.2) is 4.79 Å². The van der Waals surface area contributed by atoms with Gasteiger partial charge in [0.25, 0.3) is 0 Å². The first-order chi connectivity index (χ1) is 9.73. The first-order valence-electron chi connectivity index (χ1n) is 8.12. The Bertz CT molecular complexity index is 369. The van der Waals surface area contributed by atoms with E-state index in [0.29, 0.717) is 18.5 Å². The number of ether oxygens (including phenoxy) is 1. The summed E-state index contributed by atoms with van der Waals surface area (Å²) in [5, 5.41) is 3.62. The molecule has 1 unspecified atom stereocenters. The molecule has 0 radical (unpaired) electrons. The Morgan fingerprint density at radius 1 is 1.43 bits per heavy atom. The average molecular weight is 296 g/mol. The first-order valence-corrected chi connectivity index (χ1v) is 8.12. The average Bonchev–Trinajstić information content (AvgIpc) is 2.37. The number of hydrogen-bond acceptors (Lipinski definition) is 3. The fourth-order valence-corrected chi connectivity index (χ4v) is 2.48. The molecule has 0 fully saturated rings. The smallest absolute Gasteiger partial charge is 0.410 e. The van der Waals surface area contributed by atoms with Crippen molar-refractivity contribution in [3.63, 3.8) is 0 Å². The molecule has 0 aromatic heterocycles. The highest BCUT2D eigenvalue weighted by Gasteiger charge is 2.23. The Labute approximate surface area is 129 Å². The van der Waals surface area contributed by atoms with Gasteiger partial charge in [-0.05, 0) is 39.5 Å². The number of rotatable bonds is 5. The van der Waals surface area contributed by atoms with Crippen LogP contribution in [0.25, 0.3) is 0 Å². The summed E-state index contributed by atoms with van der Waals surface area (Å²) in [5.74, 6) is 0.650. The van der Waals surface area contributed by atoms with Crippen molar-refractivity contribution in [3.8, 4) is 0 Å². The van der Waals surface area contributed by atoms with Crippen molar-refractivity contribution >= 4 is 6.09 Å². The van der Waals surface area contributed by atoms with Gasteiger partial charge < -0.3 is 15.0 Å². The van der Waals surface area contributed by atoms with E-state index in [-0.39, 0.29) is 6.09 Å². The summed E-state index contributed by atoms with van der Waals surface area (Å²) in [5.41, 5.74) is 0.975. The van der Waals surface area contributed by atoms with Gasteiger partial charge in [-0.2, -0.15) is 0 Å². The molecule has 21 heavy (non-hydrogen) atoms. The van der Waals surface area contributed by atoms with Crippen molar-refractivity contribution in [2.24, 2.45) is 5.92 Å². The summed E-state index contributed by atoms with van der Waals surface area (Å²) in [6, 6.07) is 0.565. The molecular weight excluding hydrogens is 264 g/mol. The molecule has 0 aromatic rings. The van der Waals surface area contributed by atoms with E-state index in [1.807, 2.05) is 20.8 Å². The Morgan fingerprint density at radius 2 is 2.10 bits per heavy atom. The predicted octanol–water partition coefficient (Wildman–Crippen LogP) is 3.58. The van der Waals surface area contributed by atoms with Crippen LogP contribution in [0.2, 0.25) is 0 Å².